The zero-order chi connectivity index (χ0) is 11.7. The summed E-state index contributed by atoms with van der Waals surface area (Å²) in [5.41, 5.74) is 0. The number of nitrogens with zero attached hydrogens (tertiary/aromatic N) is 2. The van der Waals surface area contributed by atoms with Crippen LogP contribution in [0.3, 0.4) is 0 Å². The smallest absolute Gasteiger partial charge is 0.303 e. The number of carboxylic acids is 1. The summed E-state index contributed by atoms with van der Waals surface area (Å²) in [6.07, 6.45) is 0.613. The maximum Gasteiger partial charge on any atom is 0.303 e. The van der Waals surface area contributed by atoms with Gasteiger partial charge in [0.25, 0.3) is 0 Å². The van der Waals surface area contributed by atoms with Crippen molar-refractivity contribution in [1.29, 1.82) is 5.26 Å². The maximum atomic E-state index is 11.1. The van der Waals surface area contributed by atoms with Crippen LogP contribution in [-0.4, -0.2) is 48.6 Å². The Morgan fingerprint density at radius 3 is 2.73 bits per heavy atom. The van der Waals surface area contributed by atoms with Gasteiger partial charge < -0.3 is 10.4 Å². The molecule has 0 saturated heterocycles. The van der Waals surface area contributed by atoms with E-state index in [-0.39, 0.29) is 25.4 Å². The molecule has 15 heavy (non-hydrogen) atoms. The van der Waals surface area contributed by atoms with Crippen molar-refractivity contribution in [2.75, 3.05) is 26.7 Å². The summed E-state index contributed by atoms with van der Waals surface area (Å²) in [4.78, 5) is 23.0. The van der Waals surface area contributed by atoms with Gasteiger partial charge in [-0.3, -0.25) is 14.5 Å². The van der Waals surface area contributed by atoms with Crippen molar-refractivity contribution in [2.24, 2.45) is 0 Å². The van der Waals surface area contributed by atoms with Gasteiger partial charge in [0, 0.05) is 6.42 Å². The molecule has 0 bridgehead atoms. The second-order valence-electron chi connectivity index (χ2n) is 3.17. The van der Waals surface area contributed by atoms with Crippen LogP contribution in [0.25, 0.3) is 0 Å². The number of hydrogen-bond donors (Lipinski definition) is 2. The fourth-order valence-electron chi connectivity index (χ4n) is 1.02. The van der Waals surface area contributed by atoms with Gasteiger partial charge in [0.15, 0.2) is 0 Å². The number of nitriles is 1. The van der Waals surface area contributed by atoms with E-state index in [4.69, 9.17) is 10.4 Å². The molecule has 0 radical (unpaired) electrons. The lowest BCUT2D eigenvalue weighted by atomic mass is 10.3. The molecule has 0 saturated carbocycles. The lowest BCUT2D eigenvalue weighted by Crippen LogP contribution is -2.35. The molecule has 0 atom stereocenters. The molecule has 0 spiro atoms. The second kappa shape index (κ2) is 7.76. The molecule has 2 N–H and O–H groups in total. The highest BCUT2D eigenvalue weighted by molar-refractivity contribution is 5.78. The summed E-state index contributed by atoms with van der Waals surface area (Å²) < 4.78 is 0. The van der Waals surface area contributed by atoms with Crippen molar-refractivity contribution in [1.82, 2.24) is 10.2 Å². The minimum atomic E-state index is -0.836. The Hall–Kier alpha value is -1.61. The van der Waals surface area contributed by atoms with Crippen LogP contribution in [0.1, 0.15) is 12.8 Å². The molecule has 84 valence electrons. The van der Waals surface area contributed by atoms with E-state index in [9.17, 15) is 9.59 Å². The summed E-state index contributed by atoms with van der Waals surface area (Å²) in [5, 5.41) is 19.0. The highest BCUT2D eigenvalue weighted by atomic mass is 16.4. The summed E-state index contributed by atoms with van der Waals surface area (Å²) in [5.74, 6) is -1.06. The van der Waals surface area contributed by atoms with Gasteiger partial charge in [-0.2, -0.15) is 5.26 Å². The summed E-state index contributed by atoms with van der Waals surface area (Å²) in [7, 11) is 1.73. The van der Waals surface area contributed by atoms with Crippen LogP contribution < -0.4 is 5.32 Å². The number of rotatable bonds is 7. The first kappa shape index (κ1) is 13.4. The van der Waals surface area contributed by atoms with Gasteiger partial charge in [-0.1, -0.05) is 0 Å². The largest absolute Gasteiger partial charge is 0.481 e. The molecule has 0 aromatic rings. The van der Waals surface area contributed by atoms with Gasteiger partial charge in [-0.15, -0.1) is 0 Å². The molecule has 0 aromatic heterocycles. The van der Waals surface area contributed by atoms with Crippen molar-refractivity contribution >= 4 is 11.9 Å². The highest BCUT2D eigenvalue weighted by Gasteiger charge is 2.06. The molecule has 0 aliphatic carbocycles. The molecule has 0 fully saturated rings. The molecule has 0 aromatic carbocycles. The topological polar surface area (TPSA) is 93.4 Å². The number of likely N-dealkylation sites (N-methyl/N-ethyl adjacent to an activating group) is 1. The van der Waals surface area contributed by atoms with E-state index < -0.39 is 5.97 Å². The Kier molecular flexibility index (Phi) is 6.93. The lowest BCUT2D eigenvalue weighted by molar-refractivity contribution is -0.137. The third-order valence-corrected chi connectivity index (χ3v) is 1.71. The van der Waals surface area contributed by atoms with Gasteiger partial charge >= 0.3 is 5.97 Å². The Balaban J connectivity index is 3.56. The normalized spacial score (nSPS) is 9.67. The molecular weight excluding hydrogens is 198 g/mol. The molecule has 1 amide bonds. The maximum absolute atomic E-state index is 11.1. The molecule has 0 unspecified atom stereocenters. The monoisotopic (exact) mass is 213 g/mol. The van der Waals surface area contributed by atoms with Gasteiger partial charge in [-0.05, 0) is 20.0 Å². The lowest BCUT2D eigenvalue weighted by Gasteiger charge is -2.14. The van der Waals surface area contributed by atoms with Crippen molar-refractivity contribution in [3.63, 3.8) is 0 Å². The van der Waals surface area contributed by atoms with Gasteiger partial charge in [0.2, 0.25) is 5.91 Å². The van der Waals surface area contributed by atoms with Gasteiger partial charge in [0.05, 0.1) is 12.6 Å². The molecule has 0 rings (SSSR count). The summed E-state index contributed by atoms with van der Waals surface area (Å²) >= 11 is 0. The fraction of sp³-hybridized carbons (Fsp3) is 0.667. The first-order valence-corrected chi connectivity index (χ1v) is 4.60. The fourth-order valence-corrected chi connectivity index (χ4v) is 1.02. The van der Waals surface area contributed by atoms with Crippen molar-refractivity contribution < 1.29 is 14.7 Å². The molecular formula is C9H15N3O3. The predicted molar refractivity (Wildman–Crippen MR) is 53.0 cm³/mol. The van der Waals surface area contributed by atoms with Crippen LogP contribution in [0.5, 0.6) is 0 Å². The number of hydrogen-bond acceptors (Lipinski definition) is 4. The van der Waals surface area contributed by atoms with Crippen molar-refractivity contribution in [3.8, 4) is 6.07 Å². The summed E-state index contributed by atoms with van der Waals surface area (Å²) in [6.45, 7) is 0.732. The summed E-state index contributed by atoms with van der Waals surface area (Å²) in [6, 6.07) is 1.80. The number of aliphatic carboxylic acids is 1. The third-order valence-electron chi connectivity index (χ3n) is 1.71. The zero-order valence-electron chi connectivity index (χ0n) is 8.69. The minimum absolute atomic E-state index is 0.00178. The van der Waals surface area contributed by atoms with E-state index >= 15 is 0 Å². The average Bonchev–Trinajstić information content (AvgIpc) is 2.14. The number of amides is 1. The Morgan fingerprint density at radius 2 is 2.20 bits per heavy atom. The molecule has 0 heterocycles. The number of carboxylic acid groups (broad SMARTS) is 1. The van der Waals surface area contributed by atoms with Gasteiger partial charge in [0.1, 0.15) is 6.54 Å². The van der Waals surface area contributed by atoms with Crippen molar-refractivity contribution in [3.05, 3.63) is 0 Å². The van der Waals surface area contributed by atoms with Crippen LogP contribution >= 0.6 is 0 Å². The Morgan fingerprint density at radius 1 is 1.53 bits per heavy atom. The predicted octanol–water partition coefficient (Wildman–Crippen LogP) is -0.577. The molecule has 6 heteroatoms. The highest BCUT2D eigenvalue weighted by Crippen LogP contribution is 1.92. The Bertz CT molecular complexity index is 260. The molecule has 0 aliphatic heterocycles. The van der Waals surface area contributed by atoms with Crippen LogP contribution in [0.2, 0.25) is 0 Å². The van der Waals surface area contributed by atoms with E-state index in [0.29, 0.717) is 13.0 Å². The van der Waals surface area contributed by atoms with Crippen LogP contribution in [0.4, 0.5) is 0 Å². The first-order chi connectivity index (χ1) is 7.06. The van der Waals surface area contributed by atoms with E-state index in [1.165, 1.54) is 0 Å². The first-order valence-electron chi connectivity index (χ1n) is 4.60. The third kappa shape index (κ3) is 8.71. The zero-order valence-corrected chi connectivity index (χ0v) is 8.69. The number of carbonyl (C=O) groups excluding carboxylic acids is 1. The average molecular weight is 213 g/mol. The quantitative estimate of drug-likeness (QED) is 0.552. The minimum Gasteiger partial charge on any atom is -0.481 e. The van der Waals surface area contributed by atoms with E-state index in [0.717, 1.165) is 0 Å². The standard InChI is InChI=1S/C9H15N3O3/c1-12(6-2-3-9(14)15)7-8(13)11-5-4-10/h2-3,5-7H2,1H3,(H,11,13)(H,14,15). The SMILES string of the molecule is CN(CCCC(=O)O)CC(=O)NCC#N. The van der Waals surface area contributed by atoms with Crippen LogP contribution in [-0.2, 0) is 9.59 Å². The molecule has 6 nitrogen and oxygen atoms in total. The van der Waals surface area contributed by atoms with E-state index in [1.54, 1.807) is 18.0 Å². The van der Waals surface area contributed by atoms with Crippen LogP contribution in [0.15, 0.2) is 0 Å². The van der Waals surface area contributed by atoms with Crippen molar-refractivity contribution in [2.45, 2.75) is 12.8 Å². The Labute approximate surface area is 88.5 Å². The van der Waals surface area contributed by atoms with Crippen LogP contribution in [0, 0.1) is 11.3 Å². The second-order valence-corrected chi connectivity index (χ2v) is 3.17. The van der Waals surface area contributed by atoms with E-state index in [2.05, 4.69) is 5.32 Å². The number of carbonyl (C=O) groups is 2. The van der Waals surface area contributed by atoms with Gasteiger partial charge in [-0.25, -0.2) is 0 Å². The molecule has 0 aliphatic rings. The van der Waals surface area contributed by atoms with E-state index in [1.807, 2.05) is 0 Å². The number of nitrogens with one attached hydrogen (secondary N) is 1.